The Kier molecular flexibility index (Phi) is 5.59. The van der Waals surface area contributed by atoms with Crippen molar-refractivity contribution < 1.29 is 18.8 Å². The molecular formula is C24H24FN3O3. The second kappa shape index (κ2) is 8.34. The van der Waals surface area contributed by atoms with Gasteiger partial charge in [-0.25, -0.2) is 9.29 Å². The van der Waals surface area contributed by atoms with Crippen molar-refractivity contribution in [1.82, 2.24) is 4.90 Å². The molecule has 2 aliphatic rings. The van der Waals surface area contributed by atoms with E-state index in [2.05, 4.69) is 12.2 Å². The number of imide groups is 1. The molecule has 6 nitrogen and oxygen atoms in total. The van der Waals surface area contributed by atoms with E-state index in [1.54, 1.807) is 30.3 Å². The topological polar surface area (TPSA) is 69.7 Å². The molecule has 7 heteroatoms. The third-order valence-electron chi connectivity index (χ3n) is 5.75. The van der Waals surface area contributed by atoms with E-state index in [0.29, 0.717) is 36.0 Å². The quantitative estimate of drug-likeness (QED) is 0.763. The maximum atomic E-state index is 14.5. The summed E-state index contributed by atoms with van der Waals surface area (Å²) in [5.41, 5.74) is 1.67. The lowest BCUT2D eigenvalue weighted by Crippen LogP contribution is -2.38. The number of carbonyl (C=O) groups is 3. The van der Waals surface area contributed by atoms with Gasteiger partial charge in [-0.1, -0.05) is 31.2 Å². The van der Waals surface area contributed by atoms with Crippen LogP contribution in [0.15, 0.2) is 54.2 Å². The number of anilines is 2. The predicted octanol–water partition coefficient (Wildman–Crippen LogP) is 3.80. The lowest BCUT2D eigenvalue weighted by molar-refractivity contribution is -0.121. The number of carbonyl (C=O) groups excluding carboxylic acids is 3. The Hall–Kier alpha value is -3.48. The van der Waals surface area contributed by atoms with E-state index < -0.39 is 17.6 Å². The fourth-order valence-electron chi connectivity index (χ4n) is 4.08. The highest BCUT2D eigenvalue weighted by Gasteiger charge is 2.43. The number of piperidine rings is 1. The van der Waals surface area contributed by atoms with Crippen molar-refractivity contribution in [3.63, 3.8) is 0 Å². The molecule has 2 heterocycles. The number of halogens is 1. The molecule has 0 spiro atoms. The number of rotatable bonds is 4. The molecule has 1 saturated heterocycles. The van der Waals surface area contributed by atoms with Gasteiger partial charge in [0.05, 0.1) is 11.3 Å². The molecule has 160 valence electrons. The SMILES string of the molecule is CC(=O)Nc1ccc(C2=C(N3CCC(C)CC3)C(=O)N(c3ccccc3F)C2=O)cc1. The van der Waals surface area contributed by atoms with Crippen LogP contribution in [0.25, 0.3) is 5.57 Å². The van der Waals surface area contributed by atoms with Crippen molar-refractivity contribution in [2.45, 2.75) is 26.7 Å². The number of nitrogens with one attached hydrogen (secondary N) is 1. The Balaban J connectivity index is 1.78. The van der Waals surface area contributed by atoms with Gasteiger partial charge in [0.2, 0.25) is 5.91 Å². The average molecular weight is 421 g/mol. The third kappa shape index (κ3) is 3.95. The van der Waals surface area contributed by atoms with Crippen molar-refractivity contribution in [2.24, 2.45) is 5.92 Å². The van der Waals surface area contributed by atoms with Gasteiger partial charge in [0.25, 0.3) is 11.8 Å². The summed E-state index contributed by atoms with van der Waals surface area (Å²) < 4.78 is 14.5. The normalized spacial score (nSPS) is 17.5. The summed E-state index contributed by atoms with van der Waals surface area (Å²) >= 11 is 0. The highest BCUT2D eigenvalue weighted by atomic mass is 19.1. The molecule has 3 amide bonds. The van der Waals surface area contributed by atoms with E-state index in [9.17, 15) is 18.8 Å². The first-order chi connectivity index (χ1) is 14.9. The monoisotopic (exact) mass is 421 g/mol. The van der Waals surface area contributed by atoms with Crippen LogP contribution in [-0.4, -0.2) is 35.7 Å². The number of nitrogens with zero attached hydrogens (tertiary/aromatic N) is 2. The van der Waals surface area contributed by atoms with Crippen LogP contribution in [0.5, 0.6) is 0 Å². The van der Waals surface area contributed by atoms with Gasteiger partial charge in [-0.05, 0) is 48.6 Å². The minimum atomic E-state index is -0.627. The Morgan fingerprint density at radius 2 is 1.65 bits per heavy atom. The lowest BCUT2D eigenvalue weighted by atomic mass is 9.97. The maximum absolute atomic E-state index is 14.5. The second-order valence-electron chi connectivity index (χ2n) is 8.05. The standard InChI is InChI=1S/C24H24FN3O3/c1-15-11-13-27(14-12-15)22-21(17-7-9-18(10-8-17)26-16(2)29)23(30)28(24(22)31)20-6-4-3-5-19(20)25/h3-10,15H,11-14H2,1-2H3,(H,26,29). The molecule has 31 heavy (non-hydrogen) atoms. The second-order valence-corrected chi connectivity index (χ2v) is 8.05. The van der Waals surface area contributed by atoms with Crippen LogP contribution >= 0.6 is 0 Å². The van der Waals surface area contributed by atoms with Crippen LogP contribution in [0.4, 0.5) is 15.8 Å². The van der Waals surface area contributed by atoms with Gasteiger partial charge in [-0.3, -0.25) is 14.4 Å². The molecule has 1 N–H and O–H groups in total. The smallest absolute Gasteiger partial charge is 0.282 e. The van der Waals surface area contributed by atoms with Crippen molar-refractivity contribution in [3.8, 4) is 0 Å². The zero-order valence-corrected chi connectivity index (χ0v) is 17.5. The molecule has 2 aromatic rings. The third-order valence-corrected chi connectivity index (χ3v) is 5.75. The molecule has 0 saturated carbocycles. The maximum Gasteiger partial charge on any atom is 0.282 e. The molecular weight excluding hydrogens is 397 g/mol. The molecule has 2 aliphatic heterocycles. The zero-order valence-electron chi connectivity index (χ0n) is 17.5. The van der Waals surface area contributed by atoms with Crippen LogP contribution in [-0.2, 0) is 14.4 Å². The fourth-order valence-corrected chi connectivity index (χ4v) is 4.08. The number of amides is 3. The number of likely N-dealkylation sites (tertiary alicyclic amines) is 1. The molecule has 0 atom stereocenters. The highest BCUT2D eigenvalue weighted by Crippen LogP contribution is 2.37. The Morgan fingerprint density at radius 1 is 1.00 bits per heavy atom. The fraction of sp³-hybridized carbons (Fsp3) is 0.292. The molecule has 1 fully saturated rings. The first-order valence-corrected chi connectivity index (χ1v) is 10.4. The van der Waals surface area contributed by atoms with E-state index in [1.165, 1.54) is 25.1 Å². The number of hydrogen-bond acceptors (Lipinski definition) is 4. The summed E-state index contributed by atoms with van der Waals surface area (Å²) in [6, 6.07) is 12.5. The van der Waals surface area contributed by atoms with Gasteiger partial charge in [-0.15, -0.1) is 0 Å². The van der Waals surface area contributed by atoms with Gasteiger partial charge in [0.1, 0.15) is 11.5 Å². The number of benzene rings is 2. The summed E-state index contributed by atoms with van der Waals surface area (Å²) in [6.45, 7) is 4.90. The van der Waals surface area contributed by atoms with E-state index in [4.69, 9.17) is 0 Å². The van der Waals surface area contributed by atoms with Gasteiger partial charge in [0, 0.05) is 25.7 Å². The van der Waals surface area contributed by atoms with Gasteiger partial charge >= 0.3 is 0 Å². The molecule has 0 radical (unpaired) electrons. The summed E-state index contributed by atoms with van der Waals surface area (Å²) in [4.78, 5) is 41.0. The molecule has 0 aromatic heterocycles. The lowest BCUT2D eigenvalue weighted by Gasteiger charge is -2.32. The first kappa shape index (κ1) is 20.8. The van der Waals surface area contributed by atoms with Gasteiger partial charge < -0.3 is 10.2 Å². The summed E-state index contributed by atoms with van der Waals surface area (Å²) in [5.74, 6) is -1.33. The summed E-state index contributed by atoms with van der Waals surface area (Å²) in [5, 5.41) is 2.69. The van der Waals surface area contributed by atoms with Crippen LogP contribution in [0, 0.1) is 11.7 Å². The zero-order chi connectivity index (χ0) is 22.1. The number of hydrogen-bond donors (Lipinski definition) is 1. The molecule has 4 rings (SSSR count). The Labute approximate surface area is 180 Å². The molecule has 0 unspecified atom stereocenters. The Morgan fingerprint density at radius 3 is 2.26 bits per heavy atom. The van der Waals surface area contributed by atoms with Crippen LogP contribution in [0.3, 0.4) is 0 Å². The first-order valence-electron chi connectivity index (χ1n) is 10.4. The van der Waals surface area contributed by atoms with E-state index in [-0.39, 0.29) is 17.2 Å². The van der Waals surface area contributed by atoms with Crippen molar-refractivity contribution in [3.05, 3.63) is 65.6 Å². The molecule has 0 aliphatic carbocycles. The van der Waals surface area contributed by atoms with Gasteiger partial charge in [-0.2, -0.15) is 0 Å². The summed E-state index contributed by atoms with van der Waals surface area (Å²) in [7, 11) is 0. The summed E-state index contributed by atoms with van der Waals surface area (Å²) in [6.07, 6.45) is 1.83. The molecule has 0 bridgehead atoms. The van der Waals surface area contributed by atoms with Crippen molar-refractivity contribution >= 4 is 34.7 Å². The van der Waals surface area contributed by atoms with E-state index >= 15 is 0 Å². The van der Waals surface area contributed by atoms with Crippen molar-refractivity contribution in [1.29, 1.82) is 0 Å². The van der Waals surface area contributed by atoms with E-state index in [0.717, 1.165) is 17.7 Å². The Bertz CT molecular complexity index is 1070. The van der Waals surface area contributed by atoms with Crippen molar-refractivity contribution in [2.75, 3.05) is 23.3 Å². The highest BCUT2D eigenvalue weighted by molar-refractivity contribution is 6.45. The average Bonchev–Trinajstić information content (AvgIpc) is 2.99. The largest absolute Gasteiger partial charge is 0.366 e. The van der Waals surface area contributed by atoms with Crippen LogP contribution in [0.1, 0.15) is 32.3 Å². The predicted molar refractivity (Wildman–Crippen MR) is 117 cm³/mol. The van der Waals surface area contributed by atoms with Crippen LogP contribution < -0.4 is 10.2 Å². The van der Waals surface area contributed by atoms with E-state index in [1.807, 2.05) is 4.90 Å². The minimum Gasteiger partial charge on any atom is -0.366 e. The van der Waals surface area contributed by atoms with Crippen LogP contribution in [0.2, 0.25) is 0 Å². The number of para-hydroxylation sites is 1. The molecule has 2 aromatic carbocycles. The minimum absolute atomic E-state index is 0.0507. The van der Waals surface area contributed by atoms with Gasteiger partial charge in [0.15, 0.2) is 0 Å².